The smallest absolute Gasteiger partial charge is 0.161 e. The standard InChI is InChI=1S/C13H16N4O/c1-16-4-2-10(8-16)6-12-14-15-13-7-11(9-18)3-5-17(12)13/h3,5,7,9-10H,2,4,6,8H2,1H3. The maximum Gasteiger partial charge on any atom is 0.161 e. The first kappa shape index (κ1) is 11.3. The van der Waals surface area contributed by atoms with Crippen molar-refractivity contribution in [2.24, 2.45) is 5.92 Å². The Morgan fingerprint density at radius 1 is 1.50 bits per heavy atom. The highest BCUT2D eigenvalue weighted by Gasteiger charge is 2.21. The maximum atomic E-state index is 10.7. The van der Waals surface area contributed by atoms with Gasteiger partial charge in [0.15, 0.2) is 5.65 Å². The fourth-order valence-corrected chi connectivity index (χ4v) is 2.62. The van der Waals surface area contributed by atoms with E-state index < -0.39 is 0 Å². The summed E-state index contributed by atoms with van der Waals surface area (Å²) >= 11 is 0. The highest BCUT2D eigenvalue weighted by molar-refractivity contribution is 5.76. The predicted octanol–water partition coefficient (Wildman–Crippen LogP) is 1.04. The van der Waals surface area contributed by atoms with E-state index in [2.05, 4.69) is 22.1 Å². The lowest BCUT2D eigenvalue weighted by Gasteiger charge is -2.08. The van der Waals surface area contributed by atoms with Crippen LogP contribution in [-0.4, -0.2) is 45.9 Å². The van der Waals surface area contributed by atoms with Crippen LogP contribution in [0.4, 0.5) is 0 Å². The highest BCUT2D eigenvalue weighted by Crippen LogP contribution is 2.19. The van der Waals surface area contributed by atoms with Crippen LogP contribution in [0.1, 0.15) is 22.6 Å². The minimum Gasteiger partial charge on any atom is -0.306 e. The van der Waals surface area contributed by atoms with Crippen LogP contribution in [0.3, 0.4) is 0 Å². The fourth-order valence-electron chi connectivity index (χ4n) is 2.62. The maximum absolute atomic E-state index is 10.7. The molecule has 1 saturated heterocycles. The van der Waals surface area contributed by atoms with Gasteiger partial charge in [-0.1, -0.05) is 0 Å². The predicted molar refractivity (Wildman–Crippen MR) is 67.7 cm³/mol. The molecule has 1 atom stereocenters. The third-order valence-corrected chi connectivity index (χ3v) is 3.60. The van der Waals surface area contributed by atoms with Gasteiger partial charge in [-0.05, 0) is 38.1 Å². The van der Waals surface area contributed by atoms with Crippen LogP contribution < -0.4 is 0 Å². The third-order valence-electron chi connectivity index (χ3n) is 3.60. The summed E-state index contributed by atoms with van der Waals surface area (Å²) in [5.74, 6) is 1.65. The molecule has 0 spiro atoms. The molecule has 0 radical (unpaired) electrons. The van der Waals surface area contributed by atoms with Gasteiger partial charge in [0.2, 0.25) is 0 Å². The van der Waals surface area contributed by atoms with Crippen LogP contribution in [-0.2, 0) is 6.42 Å². The number of aromatic nitrogens is 3. The van der Waals surface area contributed by atoms with E-state index in [0.29, 0.717) is 11.5 Å². The molecule has 5 nitrogen and oxygen atoms in total. The Bertz CT molecular complexity index is 577. The average molecular weight is 244 g/mol. The second-order valence-electron chi connectivity index (χ2n) is 5.04. The molecule has 1 fully saturated rings. The van der Waals surface area contributed by atoms with E-state index in [9.17, 15) is 4.79 Å². The number of rotatable bonds is 3. The number of likely N-dealkylation sites (tertiary alicyclic amines) is 1. The van der Waals surface area contributed by atoms with Crippen LogP contribution in [0.2, 0.25) is 0 Å². The van der Waals surface area contributed by atoms with Crippen LogP contribution in [0.15, 0.2) is 18.3 Å². The first-order valence-electron chi connectivity index (χ1n) is 6.23. The van der Waals surface area contributed by atoms with E-state index in [1.807, 2.05) is 10.6 Å². The molecule has 1 unspecified atom stereocenters. The molecule has 0 N–H and O–H groups in total. The average Bonchev–Trinajstić information content (AvgIpc) is 2.96. The van der Waals surface area contributed by atoms with Crippen LogP contribution in [0.5, 0.6) is 0 Å². The summed E-state index contributed by atoms with van der Waals surface area (Å²) in [7, 11) is 2.15. The van der Waals surface area contributed by atoms with E-state index in [1.165, 1.54) is 6.42 Å². The summed E-state index contributed by atoms with van der Waals surface area (Å²) in [6.07, 6.45) is 4.89. The zero-order chi connectivity index (χ0) is 12.5. The molecule has 3 heterocycles. The van der Waals surface area contributed by atoms with Crippen molar-refractivity contribution < 1.29 is 4.79 Å². The molecular formula is C13H16N4O. The van der Waals surface area contributed by atoms with E-state index in [-0.39, 0.29) is 0 Å². The number of nitrogens with zero attached hydrogens (tertiary/aromatic N) is 4. The molecule has 1 aliphatic heterocycles. The third kappa shape index (κ3) is 2.01. The van der Waals surface area contributed by atoms with Crippen LogP contribution in [0.25, 0.3) is 5.65 Å². The summed E-state index contributed by atoms with van der Waals surface area (Å²) in [6, 6.07) is 3.57. The van der Waals surface area contributed by atoms with Crippen molar-refractivity contribution >= 4 is 11.9 Å². The Morgan fingerprint density at radius 3 is 3.11 bits per heavy atom. The van der Waals surface area contributed by atoms with Gasteiger partial charge >= 0.3 is 0 Å². The summed E-state index contributed by atoms with van der Waals surface area (Å²) in [5, 5.41) is 8.37. The molecule has 18 heavy (non-hydrogen) atoms. The number of fused-ring (bicyclic) bond motifs is 1. The Labute approximate surface area is 105 Å². The minimum absolute atomic E-state index is 0.641. The monoisotopic (exact) mass is 244 g/mol. The molecule has 5 heteroatoms. The van der Waals surface area contributed by atoms with Gasteiger partial charge in [0, 0.05) is 24.7 Å². The SMILES string of the molecule is CN1CCC(Cc2nnc3cc(C=O)ccn23)C1. The van der Waals surface area contributed by atoms with E-state index in [0.717, 1.165) is 37.3 Å². The molecule has 0 aliphatic carbocycles. The Balaban J connectivity index is 1.86. The fraction of sp³-hybridized carbons (Fsp3) is 0.462. The van der Waals surface area contributed by atoms with Gasteiger partial charge in [-0.25, -0.2) is 0 Å². The molecule has 0 amide bonds. The molecule has 94 valence electrons. The van der Waals surface area contributed by atoms with Gasteiger partial charge in [0.05, 0.1) is 0 Å². The van der Waals surface area contributed by atoms with Gasteiger partial charge in [-0.3, -0.25) is 9.20 Å². The topological polar surface area (TPSA) is 50.5 Å². The zero-order valence-corrected chi connectivity index (χ0v) is 10.4. The summed E-state index contributed by atoms with van der Waals surface area (Å²) < 4.78 is 1.98. The molecule has 0 aromatic carbocycles. The van der Waals surface area contributed by atoms with Crippen molar-refractivity contribution in [2.75, 3.05) is 20.1 Å². The largest absolute Gasteiger partial charge is 0.306 e. The first-order chi connectivity index (χ1) is 8.76. The van der Waals surface area contributed by atoms with Crippen molar-refractivity contribution in [1.29, 1.82) is 0 Å². The lowest BCUT2D eigenvalue weighted by molar-refractivity contribution is 0.112. The zero-order valence-electron chi connectivity index (χ0n) is 10.4. The van der Waals surface area contributed by atoms with Crippen LogP contribution in [0, 0.1) is 5.92 Å². The van der Waals surface area contributed by atoms with Gasteiger partial charge in [-0.2, -0.15) is 0 Å². The Hall–Kier alpha value is -1.75. The molecule has 2 aromatic rings. The van der Waals surface area contributed by atoms with Crippen LogP contribution >= 0.6 is 0 Å². The molecule has 0 bridgehead atoms. The number of hydrogen-bond acceptors (Lipinski definition) is 4. The van der Waals surface area contributed by atoms with Gasteiger partial charge in [0.25, 0.3) is 0 Å². The molecule has 2 aromatic heterocycles. The molecular weight excluding hydrogens is 228 g/mol. The van der Waals surface area contributed by atoms with E-state index >= 15 is 0 Å². The van der Waals surface area contributed by atoms with Crippen molar-refractivity contribution in [2.45, 2.75) is 12.8 Å². The second-order valence-corrected chi connectivity index (χ2v) is 5.04. The number of hydrogen-bond donors (Lipinski definition) is 0. The van der Waals surface area contributed by atoms with Crippen molar-refractivity contribution in [3.63, 3.8) is 0 Å². The lowest BCUT2D eigenvalue weighted by atomic mass is 10.0. The summed E-state index contributed by atoms with van der Waals surface area (Å²) in [4.78, 5) is 13.1. The van der Waals surface area contributed by atoms with E-state index in [4.69, 9.17) is 0 Å². The normalized spacial score (nSPS) is 20.6. The van der Waals surface area contributed by atoms with Crippen molar-refractivity contribution in [3.05, 3.63) is 29.7 Å². The summed E-state index contributed by atoms with van der Waals surface area (Å²) in [5.41, 5.74) is 1.39. The van der Waals surface area contributed by atoms with Gasteiger partial charge < -0.3 is 4.90 Å². The molecule has 3 rings (SSSR count). The quantitative estimate of drug-likeness (QED) is 0.757. The molecule has 0 saturated carbocycles. The number of pyridine rings is 1. The Kier molecular flexibility index (Phi) is 2.83. The second kappa shape index (κ2) is 4.49. The number of carbonyl (C=O) groups excluding carboxylic acids is 1. The minimum atomic E-state index is 0.641. The Morgan fingerprint density at radius 2 is 2.39 bits per heavy atom. The van der Waals surface area contributed by atoms with Gasteiger partial charge in [0.1, 0.15) is 12.1 Å². The van der Waals surface area contributed by atoms with Crippen molar-refractivity contribution in [3.8, 4) is 0 Å². The highest BCUT2D eigenvalue weighted by atomic mass is 16.1. The molecule has 1 aliphatic rings. The number of aldehydes is 1. The van der Waals surface area contributed by atoms with Gasteiger partial charge in [-0.15, -0.1) is 10.2 Å². The number of carbonyl (C=O) groups is 1. The van der Waals surface area contributed by atoms with Crippen molar-refractivity contribution in [1.82, 2.24) is 19.5 Å². The first-order valence-corrected chi connectivity index (χ1v) is 6.23. The lowest BCUT2D eigenvalue weighted by Crippen LogP contribution is -2.15. The van der Waals surface area contributed by atoms with E-state index in [1.54, 1.807) is 12.1 Å². The summed E-state index contributed by atoms with van der Waals surface area (Å²) in [6.45, 7) is 2.29.